The molecule has 148 valence electrons. The summed E-state index contributed by atoms with van der Waals surface area (Å²) in [5.74, 6) is -1.30. The lowest BCUT2D eigenvalue weighted by atomic mass is 10.2. The molecule has 2 aromatic rings. The van der Waals surface area contributed by atoms with Crippen LogP contribution in [0.3, 0.4) is 0 Å². The summed E-state index contributed by atoms with van der Waals surface area (Å²) in [5, 5.41) is 9.17. The van der Waals surface area contributed by atoms with Crippen LogP contribution >= 0.6 is 11.8 Å². The number of hydrogen-bond acceptors (Lipinski definition) is 6. The van der Waals surface area contributed by atoms with E-state index in [1.54, 1.807) is 18.7 Å². The van der Waals surface area contributed by atoms with Gasteiger partial charge in [-0.15, -0.1) is 11.8 Å². The van der Waals surface area contributed by atoms with Crippen LogP contribution in [0.5, 0.6) is 0 Å². The molecule has 28 heavy (non-hydrogen) atoms. The fourth-order valence-electron chi connectivity index (χ4n) is 2.86. The van der Waals surface area contributed by atoms with Crippen molar-refractivity contribution < 1.29 is 19.1 Å². The molecule has 1 aliphatic rings. The first kappa shape index (κ1) is 19.9. The highest BCUT2D eigenvalue weighted by molar-refractivity contribution is 8.01. The Morgan fingerprint density at radius 3 is 2.75 bits per heavy atom. The lowest BCUT2D eigenvalue weighted by molar-refractivity contribution is -0.153. The summed E-state index contributed by atoms with van der Waals surface area (Å²) in [7, 11) is 1.78. The standard InChI is InChI=1S/C19H22N4O4S/c1-10-17(11(2)23(4)22-10)21-18(25)12(3)27-16(24)9-15-19(26)20-13-7-5-6-8-14(13)28-15/h5-8,12,15H,9H2,1-4H3,(H,20,26)(H,21,25)/t12-,15-/m1/s1. The Bertz CT molecular complexity index is 940. The monoisotopic (exact) mass is 402 g/mol. The number of carbonyl (C=O) groups excluding carboxylic acids is 3. The summed E-state index contributed by atoms with van der Waals surface area (Å²) in [6, 6.07) is 7.39. The molecule has 1 aromatic carbocycles. The van der Waals surface area contributed by atoms with Crippen LogP contribution in [0.2, 0.25) is 0 Å². The topological polar surface area (TPSA) is 102 Å². The Kier molecular flexibility index (Phi) is 5.73. The summed E-state index contributed by atoms with van der Waals surface area (Å²) in [5.41, 5.74) is 2.82. The number of nitrogens with zero attached hydrogens (tertiary/aromatic N) is 2. The third kappa shape index (κ3) is 4.19. The molecule has 2 heterocycles. The number of rotatable bonds is 5. The van der Waals surface area contributed by atoms with Gasteiger partial charge in [-0.1, -0.05) is 12.1 Å². The lowest BCUT2D eigenvalue weighted by Crippen LogP contribution is -2.34. The Labute approximate surface area is 167 Å². The quantitative estimate of drug-likeness (QED) is 0.745. The van der Waals surface area contributed by atoms with E-state index in [1.165, 1.54) is 18.7 Å². The highest BCUT2D eigenvalue weighted by atomic mass is 32.2. The molecular weight excluding hydrogens is 380 g/mol. The van der Waals surface area contributed by atoms with Crippen LogP contribution in [0, 0.1) is 13.8 Å². The summed E-state index contributed by atoms with van der Waals surface area (Å²) in [6.07, 6.45) is -1.11. The van der Waals surface area contributed by atoms with Crippen molar-refractivity contribution in [3.8, 4) is 0 Å². The second-order valence-corrected chi connectivity index (χ2v) is 7.83. The number of esters is 1. The second-order valence-electron chi connectivity index (χ2n) is 6.59. The van der Waals surface area contributed by atoms with E-state index >= 15 is 0 Å². The molecule has 2 N–H and O–H groups in total. The largest absolute Gasteiger partial charge is 0.452 e. The van der Waals surface area contributed by atoms with Gasteiger partial charge in [0.25, 0.3) is 5.91 Å². The number of amides is 2. The molecular formula is C19H22N4O4S. The van der Waals surface area contributed by atoms with Gasteiger partial charge in [0.1, 0.15) is 0 Å². The van der Waals surface area contributed by atoms with Gasteiger partial charge in [0.2, 0.25) is 5.91 Å². The Balaban J connectivity index is 1.57. The molecule has 1 aromatic heterocycles. The molecule has 8 nitrogen and oxygen atoms in total. The normalized spacial score (nSPS) is 16.7. The Morgan fingerprint density at radius 2 is 2.07 bits per heavy atom. The van der Waals surface area contributed by atoms with Gasteiger partial charge in [-0.05, 0) is 32.9 Å². The molecule has 3 rings (SSSR count). The minimum atomic E-state index is -0.990. The number of carbonyl (C=O) groups is 3. The lowest BCUT2D eigenvalue weighted by Gasteiger charge is -2.23. The number of ether oxygens (including phenoxy) is 1. The summed E-state index contributed by atoms with van der Waals surface area (Å²) >= 11 is 1.31. The SMILES string of the molecule is Cc1nn(C)c(C)c1NC(=O)[C@@H](C)OC(=O)C[C@H]1Sc2ccccc2NC1=O. The fraction of sp³-hybridized carbons (Fsp3) is 0.368. The number of para-hydroxylation sites is 1. The molecule has 0 spiro atoms. The van der Waals surface area contributed by atoms with Gasteiger partial charge < -0.3 is 15.4 Å². The predicted molar refractivity (Wildman–Crippen MR) is 106 cm³/mol. The number of nitrogens with one attached hydrogen (secondary N) is 2. The molecule has 0 unspecified atom stereocenters. The van der Waals surface area contributed by atoms with Gasteiger partial charge in [-0.25, -0.2) is 0 Å². The number of thioether (sulfide) groups is 1. The van der Waals surface area contributed by atoms with E-state index in [0.717, 1.165) is 16.3 Å². The maximum Gasteiger partial charge on any atom is 0.308 e. The maximum absolute atomic E-state index is 12.4. The number of hydrogen-bond donors (Lipinski definition) is 2. The van der Waals surface area contributed by atoms with E-state index in [4.69, 9.17) is 4.74 Å². The van der Waals surface area contributed by atoms with E-state index in [0.29, 0.717) is 11.4 Å². The van der Waals surface area contributed by atoms with E-state index in [-0.39, 0.29) is 12.3 Å². The minimum Gasteiger partial charge on any atom is -0.452 e. The van der Waals surface area contributed by atoms with Gasteiger partial charge in [-0.3, -0.25) is 19.1 Å². The average Bonchev–Trinajstić information content (AvgIpc) is 2.88. The van der Waals surface area contributed by atoms with Crippen molar-refractivity contribution in [3.05, 3.63) is 35.7 Å². The van der Waals surface area contributed by atoms with Crippen molar-refractivity contribution in [3.63, 3.8) is 0 Å². The number of aromatic nitrogens is 2. The third-order valence-electron chi connectivity index (χ3n) is 4.49. The zero-order valence-electron chi connectivity index (χ0n) is 16.1. The van der Waals surface area contributed by atoms with E-state index in [1.807, 2.05) is 31.2 Å². The molecule has 2 amide bonds. The van der Waals surface area contributed by atoms with E-state index in [2.05, 4.69) is 15.7 Å². The summed E-state index contributed by atoms with van der Waals surface area (Å²) in [6.45, 7) is 5.12. The summed E-state index contributed by atoms with van der Waals surface area (Å²) in [4.78, 5) is 37.7. The third-order valence-corrected chi connectivity index (χ3v) is 5.77. The van der Waals surface area contributed by atoms with Crippen LogP contribution in [-0.4, -0.2) is 38.9 Å². The van der Waals surface area contributed by atoms with Gasteiger partial charge in [0, 0.05) is 11.9 Å². The number of benzene rings is 1. The maximum atomic E-state index is 12.4. The smallest absolute Gasteiger partial charge is 0.308 e. The summed E-state index contributed by atoms with van der Waals surface area (Å²) < 4.78 is 6.90. The zero-order valence-corrected chi connectivity index (χ0v) is 16.9. The Morgan fingerprint density at radius 1 is 1.36 bits per heavy atom. The first-order chi connectivity index (χ1) is 13.3. The number of anilines is 2. The molecule has 0 fully saturated rings. The van der Waals surface area contributed by atoms with Crippen molar-refractivity contribution >= 4 is 40.9 Å². The van der Waals surface area contributed by atoms with Crippen molar-refractivity contribution in [2.45, 2.75) is 43.4 Å². The van der Waals surface area contributed by atoms with Crippen molar-refractivity contribution in [2.75, 3.05) is 10.6 Å². The molecule has 0 radical (unpaired) electrons. The first-order valence-electron chi connectivity index (χ1n) is 8.83. The first-order valence-corrected chi connectivity index (χ1v) is 9.71. The van der Waals surface area contributed by atoms with Crippen molar-refractivity contribution in [2.24, 2.45) is 7.05 Å². The second kappa shape index (κ2) is 8.05. The molecule has 0 bridgehead atoms. The zero-order chi connectivity index (χ0) is 20.4. The van der Waals surface area contributed by atoms with Gasteiger partial charge in [0.15, 0.2) is 6.10 Å². The van der Waals surface area contributed by atoms with Crippen LogP contribution < -0.4 is 10.6 Å². The van der Waals surface area contributed by atoms with Crippen molar-refractivity contribution in [1.82, 2.24) is 9.78 Å². The molecule has 0 saturated heterocycles. The molecule has 0 aliphatic carbocycles. The van der Waals surface area contributed by atoms with Crippen LogP contribution in [0.25, 0.3) is 0 Å². The highest BCUT2D eigenvalue weighted by Gasteiger charge is 2.30. The number of fused-ring (bicyclic) bond motifs is 1. The highest BCUT2D eigenvalue weighted by Crippen LogP contribution is 2.36. The predicted octanol–water partition coefficient (Wildman–Crippen LogP) is 2.41. The molecule has 1 aliphatic heterocycles. The van der Waals surface area contributed by atoms with Gasteiger partial charge >= 0.3 is 5.97 Å². The molecule has 2 atom stereocenters. The van der Waals surface area contributed by atoms with Crippen LogP contribution in [0.4, 0.5) is 11.4 Å². The van der Waals surface area contributed by atoms with E-state index < -0.39 is 23.2 Å². The average molecular weight is 402 g/mol. The van der Waals surface area contributed by atoms with Crippen LogP contribution in [0.15, 0.2) is 29.2 Å². The molecule has 9 heteroatoms. The fourth-order valence-corrected chi connectivity index (χ4v) is 3.95. The van der Waals surface area contributed by atoms with E-state index in [9.17, 15) is 14.4 Å². The van der Waals surface area contributed by atoms with Crippen LogP contribution in [0.1, 0.15) is 24.7 Å². The number of aryl methyl sites for hydroxylation is 2. The van der Waals surface area contributed by atoms with Gasteiger partial charge in [0.05, 0.1) is 34.4 Å². The van der Waals surface area contributed by atoms with Crippen molar-refractivity contribution in [1.29, 1.82) is 0 Å². The molecule has 0 saturated carbocycles. The van der Waals surface area contributed by atoms with Crippen LogP contribution in [-0.2, 0) is 26.2 Å². The van der Waals surface area contributed by atoms with Gasteiger partial charge in [-0.2, -0.15) is 5.10 Å². The minimum absolute atomic E-state index is 0.118. The Hall–Kier alpha value is -2.81.